The minimum absolute atomic E-state index is 0.0227. The van der Waals surface area contributed by atoms with Crippen LogP contribution < -0.4 is 9.47 Å². The Kier molecular flexibility index (Phi) is 8.29. The monoisotopic (exact) mass is 375 g/mol. The van der Waals surface area contributed by atoms with Gasteiger partial charge >= 0.3 is 0 Å². The Morgan fingerprint density at radius 2 is 1.81 bits per heavy atom. The maximum Gasteiger partial charge on any atom is 0.260 e. The van der Waals surface area contributed by atoms with Crippen molar-refractivity contribution in [2.24, 2.45) is 0 Å². The molecule has 0 bridgehead atoms. The van der Waals surface area contributed by atoms with Gasteiger partial charge in [-0.2, -0.15) is 0 Å². The van der Waals surface area contributed by atoms with Crippen molar-refractivity contribution >= 4 is 17.5 Å². The minimum Gasteiger partial charge on any atom is -0.494 e. The van der Waals surface area contributed by atoms with E-state index in [2.05, 4.69) is 6.92 Å². The summed E-state index contributed by atoms with van der Waals surface area (Å²) in [5, 5.41) is 0.695. The lowest BCUT2D eigenvalue weighted by Crippen LogP contribution is -2.32. The van der Waals surface area contributed by atoms with Crippen LogP contribution in [0.25, 0.3) is 0 Å². The van der Waals surface area contributed by atoms with Crippen molar-refractivity contribution in [3.05, 3.63) is 59.1 Å². The number of halogens is 1. The van der Waals surface area contributed by atoms with Gasteiger partial charge in [-0.3, -0.25) is 4.79 Å². The number of ether oxygens (including phenoxy) is 2. The molecule has 0 saturated heterocycles. The van der Waals surface area contributed by atoms with Crippen LogP contribution in [0.4, 0.5) is 0 Å². The highest BCUT2D eigenvalue weighted by atomic mass is 35.5. The molecule has 0 heterocycles. The van der Waals surface area contributed by atoms with Crippen molar-refractivity contribution in [2.45, 2.75) is 26.2 Å². The molecule has 2 aromatic carbocycles. The van der Waals surface area contributed by atoms with Crippen molar-refractivity contribution in [3.63, 3.8) is 0 Å². The zero-order valence-corrected chi connectivity index (χ0v) is 16.2. The second-order valence-electron chi connectivity index (χ2n) is 6.11. The third-order valence-electron chi connectivity index (χ3n) is 4.06. The number of nitrogens with zero attached hydrogens (tertiary/aromatic N) is 1. The molecule has 2 aromatic rings. The van der Waals surface area contributed by atoms with Crippen molar-refractivity contribution in [2.75, 3.05) is 26.8 Å². The number of unbranched alkanes of at least 4 members (excludes halogenated alkanes) is 1. The van der Waals surface area contributed by atoms with Crippen molar-refractivity contribution < 1.29 is 14.3 Å². The maximum absolute atomic E-state index is 12.1. The van der Waals surface area contributed by atoms with Crippen LogP contribution in [0, 0.1) is 0 Å². The lowest BCUT2D eigenvalue weighted by atomic mass is 10.2. The molecule has 0 spiro atoms. The molecule has 5 heteroatoms. The summed E-state index contributed by atoms with van der Waals surface area (Å²) in [6.45, 7) is 3.45. The smallest absolute Gasteiger partial charge is 0.260 e. The van der Waals surface area contributed by atoms with Gasteiger partial charge in [-0.05, 0) is 61.2 Å². The molecule has 0 aliphatic heterocycles. The molecule has 0 atom stereocenters. The van der Waals surface area contributed by atoms with Crippen LogP contribution >= 0.6 is 11.6 Å². The third-order valence-corrected chi connectivity index (χ3v) is 4.32. The van der Waals surface area contributed by atoms with Gasteiger partial charge in [0.05, 0.1) is 6.61 Å². The topological polar surface area (TPSA) is 38.8 Å². The lowest BCUT2D eigenvalue weighted by molar-refractivity contribution is -0.132. The van der Waals surface area contributed by atoms with E-state index in [0.29, 0.717) is 18.2 Å². The number of rotatable bonds is 10. The summed E-state index contributed by atoms with van der Waals surface area (Å²) in [4.78, 5) is 13.8. The lowest BCUT2D eigenvalue weighted by Gasteiger charge is -2.17. The zero-order chi connectivity index (χ0) is 18.8. The fourth-order valence-corrected chi connectivity index (χ4v) is 2.53. The molecule has 0 unspecified atom stereocenters. The summed E-state index contributed by atoms with van der Waals surface area (Å²) in [6, 6.07) is 15.2. The first kappa shape index (κ1) is 20.1. The van der Waals surface area contributed by atoms with Gasteiger partial charge in [-0.15, -0.1) is 0 Å². The molecule has 0 fully saturated rings. The van der Waals surface area contributed by atoms with Gasteiger partial charge in [0.15, 0.2) is 6.61 Å². The van der Waals surface area contributed by atoms with E-state index < -0.39 is 0 Å². The number of hydrogen-bond acceptors (Lipinski definition) is 3. The van der Waals surface area contributed by atoms with E-state index in [1.54, 1.807) is 24.1 Å². The van der Waals surface area contributed by atoms with Gasteiger partial charge in [0, 0.05) is 18.6 Å². The van der Waals surface area contributed by atoms with E-state index in [1.165, 1.54) is 5.56 Å². The Labute approximate surface area is 160 Å². The normalized spacial score (nSPS) is 10.4. The summed E-state index contributed by atoms with van der Waals surface area (Å²) in [6.07, 6.45) is 2.70. The van der Waals surface area contributed by atoms with Crippen molar-refractivity contribution in [1.82, 2.24) is 4.90 Å². The quantitative estimate of drug-likeness (QED) is 0.570. The molecular weight excluding hydrogens is 350 g/mol. The van der Waals surface area contributed by atoms with Crippen LogP contribution in [0.5, 0.6) is 11.5 Å². The molecule has 0 saturated carbocycles. The molecule has 0 aromatic heterocycles. The summed E-state index contributed by atoms with van der Waals surface area (Å²) in [5.74, 6) is 1.52. The Morgan fingerprint density at radius 1 is 1.04 bits per heavy atom. The predicted octanol–water partition coefficient (Wildman–Crippen LogP) is 4.60. The van der Waals surface area contributed by atoms with Crippen LogP contribution in [-0.2, 0) is 11.2 Å². The Balaban J connectivity index is 1.61. The maximum atomic E-state index is 12.1. The zero-order valence-electron chi connectivity index (χ0n) is 15.4. The number of carbonyl (C=O) groups excluding carboxylic acids is 1. The number of hydrogen-bond donors (Lipinski definition) is 0. The Bertz CT molecular complexity index is 688. The fraction of sp³-hybridized carbons (Fsp3) is 0.381. The minimum atomic E-state index is -0.0227. The standard InChI is InChI=1S/C21H26ClNO3/c1-3-17-7-6-8-20(15-17)26-16-21(24)23(2)13-4-5-14-25-19-11-9-18(22)10-12-19/h6-12,15H,3-5,13-14,16H2,1-2H3. The highest BCUT2D eigenvalue weighted by Crippen LogP contribution is 2.16. The highest BCUT2D eigenvalue weighted by molar-refractivity contribution is 6.30. The largest absolute Gasteiger partial charge is 0.494 e. The van der Waals surface area contributed by atoms with E-state index in [1.807, 2.05) is 36.4 Å². The van der Waals surface area contributed by atoms with Gasteiger partial charge < -0.3 is 14.4 Å². The van der Waals surface area contributed by atoms with Gasteiger partial charge in [0.1, 0.15) is 11.5 Å². The van der Waals surface area contributed by atoms with E-state index in [4.69, 9.17) is 21.1 Å². The average molecular weight is 376 g/mol. The van der Waals surface area contributed by atoms with Crippen molar-refractivity contribution in [1.29, 1.82) is 0 Å². The van der Waals surface area contributed by atoms with Crippen molar-refractivity contribution in [3.8, 4) is 11.5 Å². The second kappa shape index (κ2) is 10.7. The second-order valence-corrected chi connectivity index (χ2v) is 6.55. The summed E-state index contributed by atoms with van der Waals surface area (Å²) in [7, 11) is 1.80. The van der Waals surface area contributed by atoms with Gasteiger partial charge in [-0.1, -0.05) is 30.7 Å². The molecule has 0 N–H and O–H groups in total. The van der Waals surface area contributed by atoms with Crippen LogP contribution in [0.3, 0.4) is 0 Å². The average Bonchev–Trinajstić information content (AvgIpc) is 2.67. The Hall–Kier alpha value is -2.20. The first-order valence-electron chi connectivity index (χ1n) is 8.92. The molecule has 0 radical (unpaired) electrons. The van der Waals surface area contributed by atoms with E-state index in [-0.39, 0.29) is 12.5 Å². The van der Waals surface area contributed by atoms with E-state index >= 15 is 0 Å². The summed E-state index contributed by atoms with van der Waals surface area (Å²) < 4.78 is 11.2. The molecule has 4 nitrogen and oxygen atoms in total. The fourth-order valence-electron chi connectivity index (χ4n) is 2.41. The highest BCUT2D eigenvalue weighted by Gasteiger charge is 2.09. The number of benzene rings is 2. The Morgan fingerprint density at radius 3 is 2.54 bits per heavy atom. The number of amides is 1. The summed E-state index contributed by atoms with van der Waals surface area (Å²) >= 11 is 5.84. The molecule has 140 valence electrons. The summed E-state index contributed by atoms with van der Waals surface area (Å²) in [5.41, 5.74) is 1.20. The molecule has 1 amide bonds. The first-order valence-corrected chi connectivity index (χ1v) is 9.30. The van der Waals surface area contributed by atoms with Gasteiger partial charge in [-0.25, -0.2) is 0 Å². The number of carbonyl (C=O) groups is 1. The number of likely N-dealkylation sites (N-methyl/N-ethyl adjacent to an activating group) is 1. The molecule has 0 aliphatic rings. The third kappa shape index (κ3) is 6.96. The van der Waals surface area contributed by atoms with Crippen LogP contribution in [0.2, 0.25) is 5.02 Å². The SMILES string of the molecule is CCc1cccc(OCC(=O)N(C)CCCCOc2ccc(Cl)cc2)c1. The molecular formula is C21H26ClNO3. The molecule has 2 rings (SSSR count). The van der Waals surface area contributed by atoms with Gasteiger partial charge in [0.25, 0.3) is 5.91 Å². The number of aryl methyl sites for hydroxylation is 1. The van der Waals surface area contributed by atoms with Crippen LogP contribution in [0.1, 0.15) is 25.3 Å². The molecule has 26 heavy (non-hydrogen) atoms. The molecule has 0 aliphatic carbocycles. The predicted molar refractivity (Wildman–Crippen MR) is 105 cm³/mol. The van der Waals surface area contributed by atoms with E-state index in [0.717, 1.165) is 30.8 Å². The van der Waals surface area contributed by atoms with E-state index in [9.17, 15) is 4.79 Å². The van der Waals surface area contributed by atoms with Gasteiger partial charge in [0.2, 0.25) is 0 Å². The van der Waals surface area contributed by atoms with Crippen LogP contribution in [-0.4, -0.2) is 37.6 Å². The van der Waals surface area contributed by atoms with Crippen LogP contribution in [0.15, 0.2) is 48.5 Å². The first-order chi connectivity index (χ1) is 12.6.